The van der Waals surface area contributed by atoms with Gasteiger partial charge < -0.3 is 9.80 Å². The van der Waals surface area contributed by atoms with Crippen molar-refractivity contribution >= 4 is 5.82 Å². The first-order valence-electron chi connectivity index (χ1n) is 6.09. The molecule has 2 heterocycles. The molecule has 0 unspecified atom stereocenters. The standard InChI is InChI=1S/C13H21N3/c1-4-12-9-11(2)10-14-13(12)16-7-5-15(3)6-8-16/h9-10H,4-8H2,1-3H3. The summed E-state index contributed by atoms with van der Waals surface area (Å²) in [5, 5.41) is 0. The highest BCUT2D eigenvalue weighted by Crippen LogP contribution is 2.20. The average molecular weight is 219 g/mol. The summed E-state index contributed by atoms with van der Waals surface area (Å²) in [4.78, 5) is 9.39. The van der Waals surface area contributed by atoms with Gasteiger partial charge in [0.1, 0.15) is 5.82 Å². The van der Waals surface area contributed by atoms with E-state index >= 15 is 0 Å². The maximum atomic E-state index is 4.61. The van der Waals surface area contributed by atoms with Gasteiger partial charge in [0.25, 0.3) is 0 Å². The van der Waals surface area contributed by atoms with Crippen molar-refractivity contribution in [3.05, 3.63) is 23.4 Å². The highest BCUT2D eigenvalue weighted by Gasteiger charge is 2.17. The summed E-state index contributed by atoms with van der Waals surface area (Å²) in [5.74, 6) is 1.20. The van der Waals surface area contributed by atoms with Crippen LogP contribution in [0.25, 0.3) is 0 Å². The molecule has 0 bridgehead atoms. The summed E-state index contributed by atoms with van der Waals surface area (Å²) in [7, 11) is 2.18. The summed E-state index contributed by atoms with van der Waals surface area (Å²) in [6, 6.07) is 2.26. The Morgan fingerprint density at radius 3 is 2.56 bits per heavy atom. The van der Waals surface area contributed by atoms with Crippen LogP contribution in [0.1, 0.15) is 18.1 Å². The van der Waals surface area contributed by atoms with Crippen LogP contribution in [0.3, 0.4) is 0 Å². The zero-order valence-electron chi connectivity index (χ0n) is 10.5. The molecule has 0 N–H and O–H groups in total. The van der Waals surface area contributed by atoms with Crippen molar-refractivity contribution in [2.75, 3.05) is 38.1 Å². The fourth-order valence-corrected chi connectivity index (χ4v) is 2.19. The van der Waals surface area contributed by atoms with Crippen molar-refractivity contribution in [2.45, 2.75) is 20.3 Å². The van der Waals surface area contributed by atoms with Crippen LogP contribution in [0.5, 0.6) is 0 Å². The molecule has 0 aromatic carbocycles. The van der Waals surface area contributed by atoms with E-state index in [0.29, 0.717) is 0 Å². The van der Waals surface area contributed by atoms with E-state index in [-0.39, 0.29) is 0 Å². The van der Waals surface area contributed by atoms with Crippen molar-refractivity contribution in [1.82, 2.24) is 9.88 Å². The average Bonchev–Trinajstić information content (AvgIpc) is 2.30. The number of hydrogen-bond acceptors (Lipinski definition) is 3. The summed E-state index contributed by atoms with van der Waals surface area (Å²) >= 11 is 0. The third kappa shape index (κ3) is 2.35. The van der Waals surface area contributed by atoms with Crippen LogP contribution in [0, 0.1) is 6.92 Å². The van der Waals surface area contributed by atoms with Gasteiger partial charge in [0.15, 0.2) is 0 Å². The van der Waals surface area contributed by atoms with Gasteiger partial charge >= 0.3 is 0 Å². The monoisotopic (exact) mass is 219 g/mol. The molecule has 2 rings (SSSR count). The molecule has 3 nitrogen and oxygen atoms in total. The second-order valence-electron chi connectivity index (χ2n) is 4.64. The Hall–Kier alpha value is -1.09. The van der Waals surface area contributed by atoms with Gasteiger partial charge in [-0.15, -0.1) is 0 Å². The molecule has 1 fully saturated rings. The van der Waals surface area contributed by atoms with Gasteiger partial charge in [-0.05, 0) is 31.5 Å². The Morgan fingerprint density at radius 1 is 1.25 bits per heavy atom. The minimum absolute atomic E-state index is 1.07. The molecule has 1 aromatic rings. The fraction of sp³-hybridized carbons (Fsp3) is 0.615. The van der Waals surface area contributed by atoms with Crippen molar-refractivity contribution in [3.8, 4) is 0 Å². The van der Waals surface area contributed by atoms with Crippen LogP contribution in [0.4, 0.5) is 5.82 Å². The minimum Gasteiger partial charge on any atom is -0.354 e. The molecular weight excluding hydrogens is 198 g/mol. The smallest absolute Gasteiger partial charge is 0.131 e. The lowest BCUT2D eigenvalue weighted by molar-refractivity contribution is 0.312. The van der Waals surface area contributed by atoms with Crippen LogP contribution >= 0.6 is 0 Å². The number of rotatable bonds is 2. The normalized spacial score (nSPS) is 17.8. The van der Waals surface area contributed by atoms with Crippen molar-refractivity contribution in [2.24, 2.45) is 0 Å². The molecule has 0 aliphatic carbocycles. The number of nitrogens with zero attached hydrogens (tertiary/aromatic N) is 3. The topological polar surface area (TPSA) is 19.4 Å². The number of pyridine rings is 1. The molecular formula is C13H21N3. The zero-order chi connectivity index (χ0) is 11.5. The third-order valence-electron chi connectivity index (χ3n) is 3.26. The van der Waals surface area contributed by atoms with Gasteiger partial charge in [0, 0.05) is 32.4 Å². The summed E-state index contributed by atoms with van der Waals surface area (Å²) in [5.41, 5.74) is 2.64. The Bertz CT molecular complexity index is 354. The number of anilines is 1. The minimum atomic E-state index is 1.07. The Balaban J connectivity index is 2.19. The van der Waals surface area contributed by atoms with E-state index in [1.807, 2.05) is 6.20 Å². The van der Waals surface area contributed by atoms with Crippen LogP contribution in [0.2, 0.25) is 0 Å². The molecule has 0 atom stereocenters. The molecule has 0 radical (unpaired) electrons. The zero-order valence-corrected chi connectivity index (χ0v) is 10.5. The molecule has 88 valence electrons. The van der Waals surface area contributed by atoms with Gasteiger partial charge in [-0.1, -0.05) is 13.0 Å². The van der Waals surface area contributed by atoms with Crippen LogP contribution in [-0.4, -0.2) is 43.1 Å². The Labute approximate surface area is 98.1 Å². The van der Waals surface area contributed by atoms with E-state index in [4.69, 9.17) is 0 Å². The second kappa shape index (κ2) is 4.83. The lowest BCUT2D eigenvalue weighted by Crippen LogP contribution is -2.45. The number of likely N-dealkylation sites (N-methyl/N-ethyl adjacent to an activating group) is 1. The molecule has 3 heteroatoms. The first kappa shape index (κ1) is 11.4. The molecule has 1 saturated heterocycles. The van der Waals surface area contributed by atoms with E-state index in [1.54, 1.807) is 0 Å². The summed E-state index contributed by atoms with van der Waals surface area (Å²) in [6.45, 7) is 8.78. The first-order chi connectivity index (χ1) is 7.70. The molecule has 1 aromatic heterocycles. The molecule has 0 amide bonds. The van der Waals surface area contributed by atoms with E-state index in [1.165, 1.54) is 16.9 Å². The maximum absolute atomic E-state index is 4.61. The van der Waals surface area contributed by atoms with Gasteiger partial charge in [-0.3, -0.25) is 0 Å². The molecule has 0 saturated carbocycles. The molecule has 1 aliphatic heterocycles. The first-order valence-corrected chi connectivity index (χ1v) is 6.09. The van der Waals surface area contributed by atoms with Gasteiger partial charge in [-0.2, -0.15) is 0 Å². The van der Waals surface area contributed by atoms with Crippen molar-refractivity contribution in [3.63, 3.8) is 0 Å². The summed E-state index contributed by atoms with van der Waals surface area (Å²) < 4.78 is 0. The van der Waals surface area contributed by atoms with Crippen LogP contribution < -0.4 is 4.90 Å². The number of aryl methyl sites for hydroxylation is 2. The lowest BCUT2D eigenvalue weighted by atomic mass is 10.1. The fourth-order valence-electron chi connectivity index (χ4n) is 2.19. The molecule has 1 aliphatic rings. The Kier molecular flexibility index (Phi) is 3.44. The SMILES string of the molecule is CCc1cc(C)cnc1N1CCN(C)CC1. The third-order valence-corrected chi connectivity index (χ3v) is 3.26. The van der Waals surface area contributed by atoms with E-state index < -0.39 is 0 Å². The van der Waals surface area contributed by atoms with Gasteiger partial charge in [0.05, 0.1) is 0 Å². The van der Waals surface area contributed by atoms with E-state index in [0.717, 1.165) is 32.6 Å². The largest absolute Gasteiger partial charge is 0.354 e. The number of aromatic nitrogens is 1. The van der Waals surface area contributed by atoms with Crippen LogP contribution in [-0.2, 0) is 6.42 Å². The number of piperazine rings is 1. The Morgan fingerprint density at radius 2 is 1.94 bits per heavy atom. The predicted molar refractivity (Wildman–Crippen MR) is 68.1 cm³/mol. The lowest BCUT2D eigenvalue weighted by Gasteiger charge is -2.34. The summed E-state index contributed by atoms with van der Waals surface area (Å²) in [6.07, 6.45) is 3.04. The predicted octanol–water partition coefficient (Wildman–Crippen LogP) is 1.70. The van der Waals surface area contributed by atoms with E-state index in [9.17, 15) is 0 Å². The highest BCUT2D eigenvalue weighted by molar-refractivity contribution is 5.48. The highest BCUT2D eigenvalue weighted by atomic mass is 15.3. The van der Waals surface area contributed by atoms with Gasteiger partial charge in [0.2, 0.25) is 0 Å². The van der Waals surface area contributed by atoms with Crippen molar-refractivity contribution in [1.29, 1.82) is 0 Å². The maximum Gasteiger partial charge on any atom is 0.131 e. The molecule has 0 spiro atoms. The quantitative estimate of drug-likeness (QED) is 0.755. The second-order valence-corrected chi connectivity index (χ2v) is 4.64. The van der Waals surface area contributed by atoms with Gasteiger partial charge in [-0.25, -0.2) is 4.98 Å². The van der Waals surface area contributed by atoms with Crippen LogP contribution in [0.15, 0.2) is 12.3 Å². The molecule has 16 heavy (non-hydrogen) atoms. The number of hydrogen-bond donors (Lipinski definition) is 0. The van der Waals surface area contributed by atoms with E-state index in [2.05, 4.69) is 41.7 Å². The van der Waals surface area contributed by atoms with Crippen molar-refractivity contribution < 1.29 is 0 Å².